The summed E-state index contributed by atoms with van der Waals surface area (Å²) in [7, 11) is 1.66. The largest absolute Gasteiger partial charge is 0.497 e. The van der Waals surface area contributed by atoms with Gasteiger partial charge in [0.15, 0.2) is 0 Å². The lowest BCUT2D eigenvalue weighted by Gasteiger charge is -2.42. The number of fused-ring (bicyclic) bond motifs is 2. The standard InChI is InChI=1S/C23H29NO4/c1-25-19-3-5-20(6-4-19)26-14-2-15-27-21-7-8-22-18(17-21)9-16-28-23(22)10-12-24-13-11-23/h3-8,17,24H,2,9-16H2,1H3. The number of hydrogen-bond donors (Lipinski definition) is 1. The highest BCUT2D eigenvalue weighted by Gasteiger charge is 2.38. The molecule has 0 amide bonds. The van der Waals surface area contributed by atoms with Crippen LogP contribution in [0.3, 0.4) is 0 Å². The average Bonchev–Trinajstić information content (AvgIpc) is 2.75. The first-order valence-electron chi connectivity index (χ1n) is 10.2. The predicted octanol–water partition coefficient (Wildman–Crippen LogP) is 3.69. The maximum absolute atomic E-state index is 6.24. The Morgan fingerprint density at radius 2 is 1.61 bits per heavy atom. The second-order valence-corrected chi connectivity index (χ2v) is 7.39. The Hall–Kier alpha value is -2.24. The zero-order valence-electron chi connectivity index (χ0n) is 16.5. The summed E-state index contributed by atoms with van der Waals surface area (Å²) in [6, 6.07) is 14.1. The summed E-state index contributed by atoms with van der Waals surface area (Å²) in [6.07, 6.45) is 3.88. The minimum absolute atomic E-state index is 0.0937. The van der Waals surface area contributed by atoms with Crippen LogP contribution in [0.15, 0.2) is 42.5 Å². The van der Waals surface area contributed by atoms with Gasteiger partial charge in [-0.3, -0.25) is 0 Å². The fraction of sp³-hybridized carbons (Fsp3) is 0.478. The molecule has 1 N–H and O–H groups in total. The maximum atomic E-state index is 6.24. The molecule has 2 aliphatic rings. The second kappa shape index (κ2) is 8.84. The van der Waals surface area contributed by atoms with Crippen LogP contribution in [-0.2, 0) is 16.8 Å². The van der Waals surface area contributed by atoms with Crippen molar-refractivity contribution in [3.63, 3.8) is 0 Å². The molecule has 0 radical (unpaired) electrons. The summed E-state index contributed by atoms with van der Waals surface area (Å²) < 4.78 is 23.1. The number of ether oxygens (including phenoxy) is 4. The van der Waals surface area contributed by atoms with Gasteiger partial charge in [-0.1, -0.05) is 6.07 Å². The molecule has 0 atom stereocenters. The third-order valence-corrected chi connectivity index (χ3v) is 5.61. The molecule has 5 heteroatoms. The number of hydrogen-bond acceptors (Lipinski definition) is 5. The Kier molecular flexibility index (Phi) is 6.03. The van der Waals surface area contributed by atoms with Crippen LogP contribution in [0.1, 0.15) is 30.4 Å². The van der Waals surface area contributed by atoms with Gasteiger partial charge in [0, 0.05) is 6.42 Å². The third kappa shape index (κ3) is 4.26. The molecule has 1 spiro atoms. The van der Waals surface area contributed by atoms with Crippen molar-refractivity contribution in [1.29, 1.82) is 0 Å². The van der Waals surface area contributed by atoms with E-state index in [-0.39, 0.29) is 5.60 Å². The second-order valence-electron chi connectivity index (χ2n) is 7.39. The van der Waals surface area contributed by atoms with Gasteiger partial charge in [0.05, 0.1) is 32.5 Å². The van der Waals surface area contributed by atoms with Crippen molar-refractivity contribution in [2.24, 2.45) is 0 Å². The molecule has 1 saturated heterocycles. The van der Waals surface area contributed by atoms with Gasteiger partial charge in [-0.25, -0.2) is 0 Å². The number of methoxy groups -OCH3 is 1. The van der Waals surface area contributed by atoms with Crippen LogP contribution in [0.2, 0.25) is 0 Å². The lowest BCUT2D eigenvalue weighted by atomic mass is 9.80. The molecule has 2 aliphatic heterocycles. The van der Waals surface area contributed by atoms with E-state index in [9.17, 15) is 0 Å². The van der Waals surface area contributed by atoms with Crippen LogP contribution in [0.25, 0.3) is 0 Å². The molecule has 4 rings (SSSR count). The fourth-order valence-corrected chi connectivity index (χ4v) is 4.10. The predicted molar refractivity (Wildman–Crippen MR) is 108 cm³/mol. The highest BCUT2D eigenvalue weighted by atomic mass is 16.5. The van der Waals surface area contributed by atoms with Crippen molar-refractivity contribution >= 4 is 0 Å². The Labute approximate surface area is 166 Å². The van der Waals surface area contributed by atoms with Gasteiger partial charge < -0.3 is 24.3 Å². The zero-order chi connectivity index (χ0) is 19.2. The maximum Gasteiger partial charge on any atom is 0.119 e. The summed E-state index contributed by atoms with van der Waals surface area (Å²) in [5.74, 6) is 2.62. The first-order valence-corrected chi connectivity index (χ1v) is 10.2. The summed E-state index contributed by atoms with van der Waals surface area (Å²) in [6.45, 7) is 4.10. The number of benzene rings is 2. The molecule has 150 valence electrons. The molecular formula is C23H29NO4. The number of nitrogens with one attached hydrogen (secondary N) is 1. The normalized spacial score (nSPS) is 17.8. The zero-order valence-corrected chi connectivity index (χ0v) is 16.5. The minimum atomic E-state index is -0.0937. The Balaban J connectivity index is 1.27. The molecule has 0 saturated carbocycles. The van der Waals surface area contributed by atoms with Crippen molar-refractivity contribution in [2.45, 2.75) is 31.3 Å². The smallest absolute Gasteiger partial charge is 0.119 e. The molecular weight excluding hydrogens is 354 g/mol. The first-order chi connectivity index (χ1) is 13.8. The molecule has 1 fully saturated rings. The van der Waals surface area contributed by atoms with Crippen LogP contribution < -0.4 is 19.5 Å². The molecule has 0 bridgehead atoms. The van der Waals surface area contributed by atoms with Gasteiger partial charge in [-0.2, -0.15) is 0 Å². The van der Waals surface area contributed by atoms with Gasteiger partial charge in [-0.15, -0.1) is 0 Å². The van der Waals surface area contributed by atoms with E-state index < -0.39 is 0 Å². The van der Waals surface area contributed by atoms with Gasteiger partial charge in [0.1, 0.15) is 17.2 Å². The minimum Gasteiger partial charge on any atom is -0.497 e. The highest BCUT2D eigenvalue weighted by molar-refractivity contribution is 5.41. The van der Waals surface area contributed by atoms with E-state index in [2.05, 4.69) is 23.5 Å². The Bertz CT molecular complexity index is 769. The molecule has 2 aromatic rings. The topological polar surface area (TPSA) is 49.0 Å². The summed E-state index contributed by atoms with van der Waals surface area (Å²) in [5, 5.41) is 3.43. The van der Waals surface area contributed by atoms with Gasteiger partial charge in [0.25, 0.3) is 0 Å². The van der Waals surface area contributed by atoms with Crippen molar-refractivity contribution in [3.05, 3.63) is 53.6 Å². The number of piperidine rings is 1. The quantitative estimate of drug-likeness (QED) is 0.739. The van der Waals surface area contributed by atoms with E-state index in [4.69, 9.17) is 18.9 Å². The average molecular weight is 383 g/mol. The van der Waals surface area contributed by atoms with Crippen LogP contribution in [0, 0.1) is 0 Å². The number of rotatable bonds is 7. The van der Waals surface area contributed by atoms with E-state index in [0.29, 0.717) is 13.2 Å². The van der Waals surface area contributed by atoms with Crippen LogP contribution in [0.4, 0.5) is 0 Å². The molecule has 5 nitrogen and oxygen atoms in total. The molecule has 2 heterocycles. The lowest BCUT2D eigenvalue weighted by Crippen LogP contribution is -2.44. The summed E-state index contributed by atoms with van der Waals surface area (Å²) in [5.41, 5.74) is 2.64. The fourth-order valence-electron chi connectivity index (χ4n) is 4.10. The highest BCUT2D eigenvalue weighted by Crippen LogP contribution is 2.41. The van der Waals surface area contributed by atoms with Gasteiger partial charge >= 0.3 is 0 Å². The van der Waals surface area contributed by atoms with Gasteiger partial charge in [0.2, 0.25) is 0 Å². The SMILES string of the molecule is COc1ccc(OCCCOc2ccc3c(c2)CCOC32CCNCC2)cc1. The lowest BCUT2D eigenvalue weighted by molar-refractivity contribution is -0.0802. The van der Waals surface area contributed by atoms with Crippen molar-refractivity contribution in [3.8, 4) is 17.2 Å². The third-order valence-electron chi connectivity index (χ3n) is 5.61. The molecule has 0 aliphatic carbocycles. The molecule has 28 heavy (non-hydrogen) atoms. The van der Waals surface area contributed by atoms with Crippen LogP contribution >= 0.6 is 0 Å². The summed E-state index contributed by atoms with van der Waals surface area (Å²) >= 11 is 0. The van der Waals surface area contributed by atoms with Crippen LogP contribution in [-0.4, -0.2) is 40.0 Å². The monoisotopic (exact) mass is 383 g/mol. The van der Waals surface area contributed by atoms with Crippen LogP contribution in [0.5, 0.6) is 17.2 Å². The Morgan fingerprint density at radius 3 is 2.36 bits per heavy atom. The van der Waals surface area contributed by atoms with E-state index in [1.54, 1.807) is 7.11 Å². The molecule has 0 unspecified atom stereocenters. The van der Waals surface area contributed by atoms with E-state index >= 15 is 0 Å². The van der Waals surface area contributed by atoms with Crippen molar-refractivity contribution < 1.29 is 18.9 Å². The molecule has 2 aromatic carbocycles. The van der Waals surface area contributed by atoms with E-state index in [0.717, 1.165) is 62.6 Å². The molecule has 0 aromatic heterocycles. The van der Waals surface area contributed by atoms with E-state index in [1.807, 2.05) is 24.3 Å². The van der Waals surface area contributed by atoms with Crippen molar-refractivity contribution in [2.75, 3.05) is 40.0 Å². The van der Waals surface area contributed by atoms with Crippen molar-refractivity contribution in [1.82, 2.24) is 5.32 Å². The first kappa shape index (κ1) is 19.1. The Morgan fingerprint density at radius 1 is 0.929 bits per heavy atom. The van der Waals surface area contributed by atoms with E-state index in [1.165, 1.54) is 11.1 Å². The van der Waals surface area contributed by atoms with Gasteiger partial charge in [-0.05, 0) is 79.9 Å². The summed E-state index contributed by atoms with van der Waals surface area (Å²) in [4.78, 5) is 0.